The highest BCUT2D eigenvalue weighted by Gasteiger charge is 2.19. The summed E-state index contributed by atoms with van der Waals surface area (Å²) in [5, 5.41) is 15.3. The molecule has 0 saturated heterocycles. The van der Waals surface area contributed by atoms with Crippen molar-refractivity contribution in [3.05, 3.63) is 46.7 Å². The van der Waals surface area contributed by atoms with Crippen molar-refractivity contribution in [3.63, 3.8) is 0 Å². The fourth-order valence-corrected chi connectivity index (χ4v) is 2.23. The lowest BCUT2D eigenvalue weighted by molar-refractivity contribution is 0.202. The maximum Gasteiger partial charge on any atom is 0.125 e. The fourth-order valence-electron chi connectivity index (χ4n) is 2.05. The Balaban J connectivity index is 2.40. The first-order valence-corrected chi connectivity index (χ1v) is 6.58. The number of hydrogen-bond acceptors (Lipinski definition) is 3. The second-order valence-electron chi connectivity index (χ2n) is 4.27. The molecule has 0 aliphatic carbocycles. The van der Waals surface area contributed by atoms with Gasteiger partial charge in [0.05, 0.1) is 12.8 Å². The molecule has 0 aliphatic rings. The number of aromatic nitrogens is 2. The Morgan fingerprint density at radius 1 is 1.42 bits per heavy atom. The molecule has 4 nitrogen and oxygen atoms in total. The van der Waals surface area contributed by atoms with Crippen LogP contribution in [0.25, 0.3) is 0 Å². The minimum absolute atomic E-state index is 0.566. The van der Waals surface area contributed by atoms with Crippen LogP contribution in [0.1, 0.15) is 30.7 Å². The molecule has 1 atom stereocenters. The summed E-state index contributed by atoms with van der Waals surface area (Å²) in [4.78, 5) is 0. The first-order chi connectivity index (χ1) is 9.17. The van der Waals surface area contributed by atoms with Gasteiger partial charge in [-0.25, -0.2) is 0 Å². The van der Waals surface area contributed by atoms with E-state index in [0.717, 1.165) is 18.7 Å². The van der Waals surface area contributed by atoms with Crippen LogP contribution in [0.15, 0.2) is 30.5 Å². The van der Waals surface area contributed by atoms with Gasteiger partial charge in [0.25, 0.3) is 0 Å². The zero-order valence-electron chi connectivity index (χ0n) is 11.0. The normalized spacial score (nSPS) is 12.4. The SMILES string of the molecule is CCCn1nccc1C(O)c1cc(Cl)ccc1OC. The molecule has 1 heterocycles. The molecule has 1 N–H and O–H groups in total. The maximum absolute atomic E-state index is 10.5. The predicted octanol–water partition coefficient (Wildman–Crippen LogP) is 3.04. The van der Waals surface area contributed by atoms with E-state index in [2.05, 4.69) is 12.0 Å². The van der Waals surface area contributed by atoms with Crippen molar-refractivity contribution in [1.29, 1.82) is 0 Å². The molecule has 5 heteroatoms. The Morgan fingerprint density at radius 3 is 2.89 bits per heavy atom. The first-order valence-electron chi connectivity index (χ1n) is 6.20. The van der Waals surface area contributed by atoms with Crippen LogP contribution in [0.5, 0.6) is 5.75 Å². The quantitative estimate of drug-likeness (QED) is 0.916. The van der Waals surface area contributed by atoms with E-state index in [1.54, 1.807) is 42.3 Å². The Kier molecular flexibility index (Phi) is 4.45. The zero-order chi connectivity index (χ0) is 13.8. The fraction of sp³-hybridized carbons (Fsp3) is 0.357. The van der Waals surface area contributed by atoms with Crippen LogP contribution in [-0.4, -0.2) is 22.0 Å². The molecular formula is C14H17ClN2O2. The second kappa shape index (κ2) is 6.08. The number of hydrogen-bond donors (Lipinski definition) is 1. The molecule has 1 aromatic carbocycles. The average Bonchev–Trinajstić information content (AvgIpc) is 2.86. The van der Waals surface area contributed by atoms with Crippen molar-refractivity contribution in [1.82, 2.24) is 9.78 Å². The van der Waals surface area contributed by atoms with Crippen LogP contribution in [0.3, 0.4) is 0 Å². The van der Waals surface area contributed by atoms with Gasteiger partial charge in [-0.2, -0.15) is 5.10 Å². The summed E-state index contributed by atoms with van der Waals surface area (Å²) in [6.07, 6.45) is 1.84. The highest BCUT2D eigenvalue weighted by atomic mass is 35.5. The summed E-state index contributed by atoms with van der Waals surface area (Å²) >= 11 is 5.99. The highest BCUT2D eigenvalue weighted by Crippen LogP contribution is 2.32. The predicted molar refractivity (Wildman–Crippen MR) is 74.6 cm³/mol. The zero-order valence-corrected chi connectivity index (χ0v) is 11.8. The molecule has 2 rings (SSSR count). The number of benzene rings is 1. The van der Waals surface area contributed by atoms with E-state index in [0.29, 0.717) is 16.3 Å². The van der Waals surface area contributed by atoms with Crippen molar-refractivity contribution >= 4 is 11.6 Å². The van der Waals surface area contributed by atoms with Crippen molar-refractivity contribution < 1.29 is 9.84 Å². The summed E-state index contributed by atoms with van der Waals surface area (Å²) in [5.41, 5.74) is 1.38. The summed E-state index contributed by atoms with van der Waals surface area (Å²) in [7, 11) is 1.57. The van der Waals surface area contributed by atoms with Gasteiger partial charge in [0.15, 0.2) is 0 Å². The molecule has 0 fully saturated rings. The van der Waals surface area contributed by atoms with E-state index >= 15 is 0 Å². The molecule has 1 unspecified atom stereocenters. The van der Waals surface area contributed by atoms with Crippen LogP contribution in [0.4, 0.5) is 0 Å². The number of aliphatic hydroxyl groups is 1. The third kappa shape index (κ3) is 2.91. The number of ether oxygens (including phenoxy) is 1. The van der Waals surface area contributed by atoms with E-state index < -0.39 is 6.10 Å². The first kappa shape index (κ1) is 13.9. The van der Waals surface area contributed by atoms with Gasteiger partial charge < -0.3 is 9.84 Å². The van der Waals surface area contributed by atoms with Gasteiger partial charge in [0.2, 0.25) is 0 Å². The topological polar surface area (TPSA) is 47.3 Å². The van der Waals surface area contributed by atoms with Gasteiger partial charge in [-0.1, -0.05) is 18.5 Å². The van der Waals surface area contributed by atoms with Crippen LogP contribution in [-0.2, 0) is 6.54 Å². The monoisotopic (exact) mass is 280 g/mol. The highest BCUT2D eigenvalue weighted by molar-refractivity contribution is 6.30. The minimum atomic E-state index is -0.803. The third-order valence-corrected chi connectivity index (χ3v) is 3.19. The summed E-state index contributed by atoms with van der Waals surface area (Å²) in [6, 6.07) is 7.01. The Hall–Kier alpha value is -1.52. The van der Waals surface area contributed by atoms with Crippen LogP contribution in [0, 0.1) is 0 Å². The van der Waals surface area contributed by atoms with Crippen LogP contribution >= 0.6 is 11.6 Å². The van der Waals surface area contributed by atoms with Crippen molar-refractivity contribution in [2.45, 2.75) is 26.0 Å². The van der Waals surface area contributed by atoms with E-state index in [4.69, 9.17) is 16.3 Å². The largest absolute Gasteiger partial charge is 0.496 e. The van der Waals surface area contributed by atoms with Crippen LogP contribution in [0.2, 0.25) is 5.02 Å². The average molecular weight is 281 g/mol. The smallest absolute Gasteiger partial charge is 0.125 e. The number of aliphatic hydroxyl groups excluding tert-OH is 1. The lowest BCUT2D eigenvalue weighted by Gasteiger charge is -2.16. The number of aryl methyl sites for hydroxylation is 1. The number of nitrogens with zero attached hydrogens (tertiary/aromatic N) is 2. The molecule has 0 amide bonds. The summed E-state index contributed by atoms with van der Waals surface area (Å²) < 4.78 is 7.07. The standard InChI is InChI=1S/C14H17ClN2O2/c1-3-8-17-12(6-7-16-17)14(18)11-9-10(15)4-5-13(11)19-2/h4-7,9,14,18H,3,8H2,1-2H3. The molecule has 0 saturated carbocycles. The summed E-state index contributed by atoms with van der Waals surface area (Å²) in [5.74, 6) is 0.612. The van der Waals surface area contributed by atoms with Crippen molar-refractivity contribution in [3.8, 4) is 5.75 Å². The van der Waals surface area contributed by atoms with Gasteiger partial charge in [-0.05, 0) is 30.7 Å². The summed E-state index contributed by atoms with van der Waals surface area (Å²) in [6.45, 7) is 2.83. The minimum Gasteiger partial charge on any atom is -0.496 e. The Labute approximate surface area is 117 Å². The Bertz CT molecular complexity index is 554. The molecule has 0 radical (unpaired) electrons. The number of rotatable bonds is 5. The van der Waals surface area contributed by atoms with E-state index in [1.807, 2.05) is 0 Å². The molecule has 2 aromatic rings. The van der Waals surface area contributed by atoms with Gasteiger partial charge in [-0.15, -0.1) is 0 Å². The van der Waals surface area contributed by atoms with Crippen molar-refractivity contribution in [2.24, 2.45) is 0 Å². The van der Waals surface area contributed by atoms with Gasteiger partial charge in [0, 0.05) is 23.3 Å². The maximum atomic E-state index is 10.5. The lowest BCUT2D eigenvalue weighted by Crippen LogP contribution is -2.11. The third-order valence-electron chi connectivity index (χ3n) is 2.95. The van der Waals surface area contributed by atoms with Crippen LogP contribution < -0.4 is 4.74 Å². The molecule has 0 aliphatic heterocycles. The molecular weight excluding hydrogens is 264 g/mol. The van der Waals surface area contributed by atoms with Crippen molar-refractivity contribution in [2.75, 3.05) is 7.11 Å². The molecule has 102 valence electrons. The molecule has 19 heavy (non-hydrogen) atoms. The molecule has 0 spiro atoms. The lowest BCUT2D eigenvalue weighted by atomic mass is 10.1. The van der Waals surface area contributed by atoms with E-state index in [9.17, 15) is 5.11 Å². The van der Waals surface area contributed by atoms with E-state index in [1.165, 1.54) is 0 Å². The second-order valence-corrected chi connectivity index (χ2v) is 4.70. The number of methoxy groups -OCH3 is 1. The van der Waals surface area contributed by atoms with E-state index in [-0.39, 0.29) is 0 Å². The van der Waals surface area contributed by atoms with Gasteiger partial charge >= 0.3 is 0 Å². The Morgan fingerprint density at radius 2 is 2.21 bits per heavy atom. The molecule has 1 aromatic heterocycles. The molecule has 0 bridgehead atoms. The van der Waals surface area contributed by atoms with Gasteiger partial charge in [-0.3, -0.25) is 4.68 Å². The van der Waals surface area contributed by atoms with Gasteiger partial charge in [0.1, 0.15) is 11.9 Å². The number of halogens is 1.